The van der Waals surface area contributed by atoms with Crippen molar-refractivity contribution in [1.82, 2.24) is 0 Å². The molecule has 7 heteroatoms. The molecule has 0 aliphatic rings. The molecule has 2 aromatic carbocycles. The number of ether oxygens (including phenoxy) is 1. The molecule has 0 heterocycles. The van der Waals surface area contributed by atoms with Crippen molar-refractivity contribution in [1.29, 1.82) is 0 Å². The van der Waals surface area contributed by atoms with Crippen molar-refractivity contribution in [3.8, 4) is 0 Å². The summed E-state index contributed by atoms with van der Waals surface area (Å²) in [7, 11) is 0. The Morgan fingerprint density at radius 3 is 0.922 bits per heavy atom. The van der Waals surface area contributed by atoms with Crippen LogP contribution in [0.4, 0.5) is 0 Å². The van der Waals surface area contributed by atoms with Crippen molar-refractivity contribution >= 4 is 23.9 Å². The van der Waals surface area contributed by atoms with Crippen molar-refractivity contribution in [3.63, 3.8) is 0 Å². The molecule has 0 saturated heterocycles. The Morgan fingerprint density at radius 1 is 0.392 bits per heavy atom. The number of hydrogen-bond donors (Lipinski definition) is 2. The molecule has 0 amide bonds. The van der Waals surface area contributed by atoms with E-state index in [4.69, 9.17) is 14.9 Å². The van der Waals surface area contributed by atoms with Gasteiger partial charge in [-0.1, -0.05) is 189 Å². The van der Waals surface area contributed by atoms with Crippen LogP contribution in [-0.4, -0.2) is 34.1 Å². The zero-order valence-electron chi connectivity index (χ0n) is 31.2. The lowest BCUT2D eigenvalue weighted by Gasteiger charge is -2.19. The molecule has 2 rings (SSSR count). The molecule has 0 fully saturated rings. The molecule has 0 aliphatic carbocycles. The van der Waals surface area contributed by atoms with Crippen molar-refractivity contribution in [2.45, 2.75) is 179 Å². The summed E-state index contributed by atoms with van der Waals surface area (Å²) in [4.78, 5) is 48.3. The minimum atomic E-state index is -0.705. The Morgan fingerprint density at radius 2 is 0.647 bits per heavy atom. The Hall–Kier alpha value is -3.48. The Bertz CT molecular complexity index is 1100. The van der Waals surface area contributed by atoms with Gasteiger partial charge in [-0.05, 0) is 36.8 Å². The summed E-state index contributed by atoms with van der Waals surface area (Å²) < 4.78 is 5.69. The number of carbonyl (C=O) groups excluding carboxylic acids is 2. The molecule has 7 nitrogen and oxygen atoms in total. The summed E-state index contributed by atoms with van der Waals surface area (Å²) in [6.45, 7) is 0. The van der Waals surface area contributed by atoms with Crippen LogP contribution in [0.5, 0.6) is 0 Å². The number of carboxylic acids is 2. The summed E-state index contributed by atoms with van der Waals surface area (Å²) in [6.07, 6.45) is 25.7. The van der Waals surface area contributed by atoms with Gasteiger partial charge in [0.05, 0.1) is 11.8 Å². The number of benzene rings is 2. The first-order valence-electron chi connectivity index (χ1n) is 20.2. The summed E-state index contributed by atoms with van der Waals surface area (Å²) in [5.74, 6) is -3.22. The number of unbranched alkanes of at least 4 members (excludes halogenated alkanes) is 20. The first-order chi connectivity index (χ1) is 24.9. The number of esters is 2. The third-order valence-electron chi connectivity index (χ3n) is 9.94. The highest BCUT2D eigenvalue weighted by Crippen LogP contribution is 2.29. The van der Waals surface area contributed by atoms with Crippen LogP contribution >= 0.6 is 0 Å². The average Bonchev–Trinajstić information content (AvgIpc) is 3.12. The van der Waals surface area contributed by atoms with E-state index in [2.05, 4.69) is 0 Å². The molecule has 2 unspecified atom stereocenters. The molecule has 51 heavy (non-hydrogen) atoms. The van der Waals surface area contributed by atoms with Gasteiger partial charge in [-0.2, -0.15) is 0 Å². The molecule has 2 atom stereocenters. The largest absolute Gasteiger partial charge is 0.481 e. The van der Waals surface area contributed by atoms with E-state index in [1.54, 1.807) is 0 Å². The lowest BCUT2D eigenvalue weighted by atomic mass is 9.91. The van der Waals surface area contributed by atoms with Gasteiger partial charge in [0.2, 0.25) is 0 Å². The zero-order valence-corrected chi connectivity index (χ0v) is 31.2. The zero-order chi connectivity index (χ0) is 36.8. The monoisotopic (exact) mass is 706 g/mol. The first kappa shape index (κ1) is 43.7. The Labute approximate surface area is 308 Å². The van der Waals surface area contributed by atoms with Crippen molar-refractivity contribution < 1.29 is 34.1 Å². The van der Waals surface area contributed by atoms with Gasteiger partial charge in [0.15, 0.2) is 0 Å². The lowest BCUT2D eigenvalue weighted by molar-refractivity contribution is -0.162. The van der Waals surface area contributed by atoms with Gasteiger partial charge in [-0.3, -0.25) is 19.2 Å². The molecule has 0 spiro atoms. The van der Waals surface area contributed by atoms with Crippen LogP contribution in [-0.2, 0) is 23.9 Å². The van der Waals surface area contributed by atoms with Crippen LogP contribution in [0.25, 0.3) is 0 Å². The van der Waals surface area contributed by atoms with Crippen LogP contribution in [0.2, 0.25) is 0 Å². The molecule has 0 saturated carbocycles. The molecule has 0 aromatic heterocycles. The van der Waals surface area contributed by atoms with Crippen LogP contribution in [0.3, 0.4) is 0 Å². The van der Waals surface area contributed by atoms with Crippen LogP contribution in [0.1, 0.15) is 190 Å². The van der Waals surface area contributed by atoms with Crippen molar-refractivity contribution in [2.75, 3.05) is 0 Å². The van der Waals surface area contributed by atoms with Gasteiger partial charge in [0.1, 0.15) is 0 Å². The third kappa shape index (κ3) is 22.1. The normalized spacial score (nSPS) is 12.3. The molecule has 0 bridgehead atoms. The highest BCUT2D eigenvalue weighted by molar-refractivity contribution is 5.92. The maximum Gasteiger partial charge on any atom is 0.321 e. The second-order valence-corrected chi connectivity index (χ2v) is 14.3. The summed E-state index contributed by atoms with van der Waals surface area (Å²) in [6, 6.07) is 19.4. The van der Waals surface area contributed by atoms with E-state index in [-0.39, 0.29) is 12.8 Å². The second kappa shape index (κ2) is 29.1. The maximum absolute atomic E-state index is 13.6. The fraction of sp³-hybridized carbons (Fsp3) is 0.636. The van der Waals surface area contributed by atoms with E-state index in [9.17, 15) is 19.2 Å². The second-order valence-electron chi connectivity index (χ2n) is 14.3. The molecule has 0 radical (unpaired) electrons. The standard InChI is InChI=1S/C44H66O7/c45-41(46)35-27-17-13-9-5-1-3-7-11-15-25-33-39(37-29-21-19-22-30-37)43(49)51-44(50)40(38-31-23-20-24-32-38)34-26-16-12-8-4-2-6-10-14-18-28-36-42(47)48/h19-24,29-32,39-40H,1-18,25-28,33-36H2,(H,45,46)(H,47,48). The topological polar surface area (TPSA) is 118 Å². The SMILES string of the molecule is O=C(O)CCCCCCCCCCCCCC(C(=O)OC(=O)C(CCCCCCCCCCCCCC(=O)O)c1ccccc1)c1ccccc1. The number of hydrogen-bond acceptors (Lipinski definition) is 5. The van der Waals surface area contributed by atoms with E-state index in [1.807, 2.05) is 60.7 Å². The molecular formula is C44H66O7. The fourth-order valence-electron chi connectivity index (χ4n) is 6.88. The molecule has 2 aromatic rings. The van der Waals surface area contributed by atoms with Gasteiger partial charge in [0.25, 0.3) is 0 Å². The number of carbonyl (C=O) groups is 4. The molecule has 2 N–H and O–H groups in total. The first-order valence-corrected chi connectivity index (χ1v) is 20.2. The lowest BCUT2D eigenvalue weighted by Crippen LogP contribution is -2.24. The number of aliphatic carboxylic acids is 2. The smallest absolute Gasteiger partial charge is 0.321 e. The van der Waals surface area contributed by atoms with E-state index >= 15 is 0 Å². The van der Waals surface area contributed by atoms with Crippen molar-refractivity contribution in [3.05, 3.63) is 71.8 Å². The summed E-state index contributed by atoms with van der Waals surface area (Å²) >= 11 is 0. The third-order valence-corrected chi connectivity index (χ3v) is 9.94. The van der Waals surface area contributed by atoms with Gasteiger partial charge >= 0.3 is 23.9 Å². The van der Waals surface area contributed by atoms with Crippen LogP contribution < -0.4 is 0 Å². The Balaban J connectivity index is 1.73. The molecule has 284 valence electrons. The van der Waals surface area contributed by atoms with E-state index in [1.165, 1.54) is 64.2 Å². The summed E-state index contributed by atoms with van der Waals surface area (Å²) in [5, 5.41) is 17.5. The highest BCUT2D eigenvalue weighted by atomic mass is 16.6. The van der Waals surface area contributed by atoms with Crippen LogP contribution in [0.15, 0.2) is 60.7 Å². The highest BCUT2D eigenvalue weighted by Gasteiger charge is 2.29. The fourth-order valence-corrected chi connectivity index (χ4v) is 6.88. The summed E-state index contributed by atoms with van der Waals surface area (Å²) in [5.41, 5.74) is 1.79. The van der Waals surface area contributed by atoms with Crippen molar-refractivity contribution in [2.24, 2.45) is 0 Å². The van der Waals surface area contributed by atoms with Gasteiger partial charge in [-0.15, -0.1) is 0 Å². The molecular weight excluding hydrogens is 640 g/mol. The quantitative estimate of drug-likeness (QED) is 0.0441. The van der Waals surface area contributed by atoms with E-state index < -0.39 is 35.7 Å². The number of carboxylic acid groups (broad SMARTS) is 2. The molecule has 0 aliphatic heterocycles. The minimum Gasteiger partial charge on any atom is -0.481 e. The van der Waals surface area contributed by atoms with E-state index in [0.29, 0.717) is 12.8 Å². The van der Waals surface area contributed by atoms with Gasteiger partial charge < -0.3 is 14.9 Å². The van der Waals surface area contributed by atoms with Gasteiger partial charge in [0, 0.05) is 12.8 Å². The minimum absolute atomic E-state index is 0.276. The predicted octanol–water partition coefficient (Wildman–Crippen LogP) is 11.9. The average molecular weight is 707 g/mol. The van der Waals surface area contributed by atoms with Crippen LogP contribution in [0, 0.1) is 0 Å². The Kier molecular flexibility index (Phi) is 25.0. The van der Waals surface area contributed by atoms with E-state index in [0.717, 1.165) is 88.2 Å². The maximum atomic E-state index is 13.6. The van der Waals surface area contributed by atoms with Gasteiger partial charge in [-0.25, -0.2) is 0 Å². The predicted molar refractivity (Wildman–Crippen MR) is 205 cm³/mol. The number of rotatable bonds is 32.